The van der Waals surface area contributed by atoms with Gasteiger partial charge in [-0.1, -0.05) is 6.92 Å². The zero-order chi connectivity index (χ0) is 12.7. The van der Waals surface area contributed by atoms with E-state index in [4.69, 9.17) is 0 Å². The van der Waals surface area contributed by atoms with Gasteiger partial charge in [0.2, 0.25) is 0 Å². The molecule has 1 aliphatic heterocycles. The van der Waals surface area contributed by atoms with Crippen molar-refractivity contribution in [2.24, 2.45) is 5.92 Å². The molecule has 0 amide bonds. The average molecular weight is 245 g/mol. The maximum Gasteiger partial charge on any atom is 0.254 e. The Morgan fingerprint density at radius 3 is 2.94 bits per heavy atom. The van der Waals surface area contributed by atoms with Gasteiger partial charge in [0.05, 0.1) is 0 Å². The van der Waals surface area contributed by atoms with Crippen LogP contribution in [0.3, 0.4) is 0 Å². The van der Waals surface area contributed by atoms with Crippen molar-refractivity contribution in [3.8, 4) is 0 Å². The highest BCUT2D eigenvalue weighted by Gasteiger charge is 2.25. The summed E-state index contributed by atoms with van der Waals surface area (Å²) in [7, 11) is 0. The number of hydrogen-bond donors (Lipinski definition) is 0. The van der Waals surface area contributed by atoms with E-state index in [1.165, 1.54) is 12.8 Å². The maximum atomic E-state index is 4.40. The second-order valence-electron chi connectivity index (χ2n) is 5.41. The quantitative estimate of drug-likeness (QED) is 0.771. The standard InChI is InChI=1S/C13H19N5/c1-9-4-5-11(3)17(7-9)12-6-10(2)16-13-14-8-15-18(12)13/h6,8-9,11H,4-5,7H2,1-3H3. The van der Waals surface area contributed by atoms with E-state index < -0.39 is 0 Å². The summed E-state index contributed by atoms with van der Waals surface area (Å²) in [6.45, 7) is 7.69. The first-order chi connectivity index (χ1) is 8.65. The van der Waals surface area contributed by atoms with Crippen LogP contribution in [0, 0.1) is 12.8 Å². The first-order valence-electron chi connectivity index (χ1n) is 6.59. The fourth-order valence-corrected chi connectivity index (χ4v) is 2.72. The van der Waals surface area contributed by atoms with E-state index in [0.29, 0.717) is 11.8 Å². The molecule has 2 aromatic heterocycles. The summed E-state index contributed by atoms with van der Waals surface area (Å²) in [5.41, 5.74) is 0.996. The zero-order valence-electron chi connectivity index (χ0n) is 11.2. The second kappa shape index (κ2) is 4.23. The summed E-state index contributed by atoms with van der Waals surface area (Å²) >= 11 is 0. The molecule has 2 aromatic rings. The van der Waals surface area contributed by atoms with E-state index in [1.807, 2.05) is 11.4 Å². The van der Waals surface area contributed by atoms with E-state index in [9.17, 15) is 0 Å². The van der Waals surface area contributed by atoms with Crippen molar-refractivity contribution < 1.29 is 0 Å². The Hall–Kier alpha value is -1.65. The largest absolute Gasteiger partial charge is 0.353 e. The molecule has 0 aliphatic carbocycles. The SMILES string of the molecule is Cc1cc(N2CC(C)CCC2C)n2ncnc2n1. The molecule has 5 nitrogen and oxygen atoms in total. The number of rotatable bonds is 1. The Labute approximate surface area is 107 Å². The van der Waals surface area contributed by atoms with E-state index >= 15 is 0 Å². The summed E-state index contributed by atoms with van der Waals surface area (Å²) in [4.78, 5) is 11.0. The smallest absolute Gasteiger partial charge is 0.254 e. The predicted octanol–water partition coefficient (Wildman–Crippen LogP) is 2.06. The fraction of sp³-hybridized carbons (Fsp3) is 0.615. The first kappa shape index (κ1) is 11.4. The highest BCUT2D eigenvalue weighted by atomic mass is 15.4. The highest BCUT2D eigenvalue weighted by molar-refractivity contribution is 5.48. The number of aryl methyl sites for hydroxylation is 1. The lowest BCUT2D eigenvalue weighted by molar-refractivity contribution is 0.386. The van der Waals surface area contributed by atoms with Gasteiger partial charge in [-0.15, -0.1) is 0 Å². The lowest BCUT2D eigenvalue weighted by Gasteiger charge is -2.38. The molecule has 5 heteroatoms. The van der Waals surface area contributed by atoms with E-state index in [2.05, 4.69) is 39.9 Å². The summed E-state index contributed by atoms with van der Waals surface area (Å²) in [5, 5.41) is 4.30. The molecule has 0 saturated carbocycles. The van der Waals surface area contributed by atoms with Crippen molar-refractivity contribution in [1.82, 2.24) is 19.6 Å². The van der Waals surface area contributed by atoms with Gasteiger partial charge in [0.25, 0.3) is 5.78 Å². The highest BCUT2D eigenvalue weighted by Crippen LogP contribution is 2.27. The van der Waals surface area contributed by atoms with Crippen LogP contribution >= 0.6 is 0 Å². The third-order valence-electron chi connectivity index (χ3n) is 3.77. The number of nitrogens with zero attached hydrogens (tertiary/aromatic N) is 5. The van der Waals surface area contributed by atoms with Gasteiger partial charge in [-0.2, -0.15) is 14.6 Å². The van der Waals surface area contributed by atoms with E-state index in [1.54, 1.807) is 6.33 Å². The van der Waals surface area contributed by atoms with Crippen molar-refractivity contribution in [3.05, 3.63) is 18.1 Å². The molecule has 0 aromatic carbocycles. The predicted molar refractivity (Wildman–Crippen MR) is 70.7 cm³/mol. The lowest BCUT2D eigenvalue weighted by Crippen LogP contribution is -2.42. The van der Waals surface area contributed by atoms with Crippen LogP contribution in [-0.2, 0) is 0 Å². The summed E-state index contributed by atoms with van der Waals surface area (Å²) in [6, 6.07) is 2.66. The molecule has 0 bridgehead atoms. The second-order valence-corrected chi connectivity index (χ2v) is 5.41. The van der Waals surface area contributed by atoms with Crippen molar-refractivity contribution in [3.63, 3.8) is 0 Å². The molecule has 96 valence electrons. The summed E-state index contributed by atoms with van der Waals surface area (Å²) in [5.74, 6) is 2.54. The van der Waals surface area contributed by atoms with E-state index in [0.717, 1.165) is 24.0 Å². The zero-order valence-corrected chi connectivity index (χ0v) is 11.2. The third kappa shape index (κ3) is 1.83. The number of hydrogen-bond acceptors (Lipinski definition) is 4. The Morgan fingerprint density at radius 2 is 2.11 bits per heavy atom. The molecule has 2 unspecified atom stereocenters. The van der Waals surface area contributed by atoms with Crippen molar-refractivity contribution in [1.29, 1.82) is 0 Å². The number of piperidine rings is 1. The van der Waals surface area contributed by atoms with Crippen molar-refractivity contribution in [2.75, 3.05) is 11.4 Å². The first-order valence-corrected chi connectivity index (χ1v) is 6.59. The van der Waals surface area contributed by atoms with Gasteiger partial charge in [-0.25, -0.2) is 4.98 Å². The Morgan fingerprint density at radius 1 is 1.28 bits per heavy atom. The number of aromatic nitrogens is 4. The van der Waals surface area contributed by atoms with Gasteiger partial charge in [-0.05, 0) is 32.6 Å². The number of fused-ring (bicyclic) bond motifs is 1. The normalized spacial score (nSPS) is 24.7. The molecule has 18 heavy (non-hydrogen) atoms. The molecular weight excluding hydrogens is 226 g/mol. The monoisotopic (exact) mass is 245 g/mol. The minimum absolute atomic E-state index is 0.551. The van der Waals surface area contributed by atoms with E-state index in [-0.39, 0.29) is 0 Å². The van der Waals surface area contributed by atoms with Gasteiger partial charge in [0.1, 0.15) is 12.1 Å². The summed E-state index contributed by atoms with van der Waals surface area (Å²) in [6.07, 6.45) is 4.12. The van der Waals surface area contributed by atoms with Crippen LogP contribution in [0.2, 0.25) is 0 Å². The van der Waals surface area contributed by atoms with Gasteiger partial charge in [0, 0.05) is 24.3 Å². The third-order valence-corrected chi connectivity index (χ3v) is 3.77. The Kier molecular flexibility index (Phi) is 2.69. The van der Waals surface area contributed by atoms with Crippen LogP contribution in [0.1, 0.15) is 32.4 Å². The van der Waals surface area contributed by atoms with Crippen molar-refractivity contribution >= 4 is 11.6 Å². The Bertz CT molecular complexity index is 562. The number of anilines is 1. The molecular formula is C13H19N5. The lowest BCUT2D eigenvalue weighted by atomic mass is 9.95. The van der Waals surface area contributed by atoms with Crippen LogP contribution in [0.4, 0.5) is 5.82 Å². The molecule has 2 atom stereocenters. The fourth-order valence-electron chi connectivity index (χ4n) is 2.72. The van der Waals surface area contributed by atoms with Crippen LogP contribution in [0.5, 0.6) is 0 Å². The molecule has 1 fully saturated rings. The average Bonchev–Trinajstić information content (AvgIpc) is 2.79. The summed E-state index contributed by atoms with van der Waals surface area (Å²) < 4.78 is 1.85. The molecule has 0 N–H and O–H groups in total. The molecule has 3 rings (SSSR count). The molecule has 0 spiro atoms. The van der Waals surface area contributed by atoms with Crippen LogP contribution in [-0.4, -0.2) is 32.2 Å². The molecule has 1 saturated heterocycles. The van der Waals surface area contributed by atoms with Crippen molar-refractivity contribution in [2.45, 2.75) is 39.7 Å². The van der Waals surface area contributed by atoms with Crippen LogP contribution in [0.15, 0.2) is 12.4 Å². The maximum absolute atomic E-state index is 4.40. The molecule has 1 aliphatic rings. The van der Waals surface area contributed by atoms with Gasteiger partial charge >= 0.3 is 0 Å². The molecule has 3 heterocycles. The van der Waals surface area contributed by atoms with Crippen LogP contribution in [0.25, 0.3) is 5.78 Å². The van der Waals surface area contributed by atoms with Crippen LogP contribution < -0.4 is 4.90 Å². The van der Waals surface area contributed by atoms with Gasteiger partial charge in [0.15, 0.2) is 0 Å². The minimum Gasteiger partial charge on any atom is -0.353 e. The Balaban J connectivity index is 2.09. The van der Waals surface area contributed by atoms with Gasteiger partial charge in [-0.3, -0.25) is 0 Å². The topological polar surface area (TPSA) is 46.3 Å². The van der Waals surface area contributed by atoms with Gasteiger partial charge < -0.3 is 4.90 Å². The molecule has 0 radical (unpaired) electrons. The minimum atomic E-state index is 0.551.